The maximum absolute atomic E-state index is 11.6. The van der Waals surface area contributed by atoms with Crippen molar-refractivity contribution in [3.05, 3.63) is 73.8 Å². The third-order valence-electron chi connectivity index (χ3n) is 4.31. The fourth-order valence-corrected chi connectivity index (χ4v) is 3.89. The van der Waals surface area contributed by atoms with Crippen LogP contribution in [0.2, 0.25) is 10.0 Å². The Bertz CT molecular complexity index is 1020. The van der Waals surface area contributed by atoms with Gasteiger partial charge in [-0.25, -0.2) is 4.79 Å². The minimum Gasteiger partial charge on any atom is -0.465 e. The molecule has 0 spiro atoms. The van der Waals surface area contributed by atoms with Crippen molar-refractivity contribution in [1.82, 2.24) is 10.5 Å². The molecule has 2 aromatic carbocycles. The fourth-order valence-electron chi connectivity index (χ4n) is 3.14. The van der Waals surface area contributed by atoms with E-state index in [0.29, 0.717) is 38.2 Å². The first kappa shape index (κ1) is 19.7. The van der Waals surface area contributed by atoms with Crippen LogP contribution >= 0.6 is 39.1 Å². The van der Waals surface area contributed by atoms with Crippen LogP contribution in [0.3, 0.4) is 0 Å². The number of aromatic nitrogens is 1. The summed E-state index contributed by atoms with van der Waals surface area (Å²) in [6.07, 6.45) is -1.20. The predicted molar refractivity (Wildman–Crippen MR) is 108 cm³/mol. The Balaban J connectivity index is 2.28. The lowest BCUT2D eigenvalue weighted by Crippen LogP contribution is -2.44. The minimum absolute atomic E-state index is 0.415. The van der Waals surface area contributed by atoms with Crippen molar-refractivity contribution in [1.29, 1.82) is 0 Å². The highest BCUT2D eigenvalue weighted by Crippen LogP contribution is 2.42. The summed E-state index contributed by atoms with van der Waals surface area (Å²) < 4.78 is 6.30. The monoisotopic (exact) mass is 468 g/mol. The highest BCUT2D eigenvalue weighted by Gasteiger charge is 2.39. The van der Waals surface area contributed by atoms with Crippen molar-refractivity contribution in [2.75, 3.05) is 0 Å². The Labute approximate surface area is 174 Å². The molecule has 1 unspecified atom stereocenters. The van der Waals surface area contributed by atoms with Gasteiger partial charge in [-0.1, -0.05) is 46.6 Å². The number of rotatable bonds is 4. The summed E-state index contributed by atoms with van der Waals surface area (Å²) in [5.74, 6) is 0.415. The number of benzene rings is 2. The van der Waals surface area contributed by atoms with Crippen molar-refractivity contribution in [3.8, 4) is 11.3 Å². The van der Waals surface area contributed by atoms with Gasteiger partial charge in [0.05, 0.1) is 21.8 Å². The van der Waals surface area contributed by atoms with E-state index in [9.17, 15) is 9.90 Å². The van der Waals surface area contributed by atoms with Gasteiger partial charge in [0, 0.05) is 20.6 Å². The fraction of sp³-hybridized carbons (Fsp3) is 0.158. The number of amides is 1. The first-order valence-corrected chi connectivity index (χ1v) is 9.47. The number of aryl methyl sites for hydroxylation is 1. The molecule has 0 saturated heterocycles. The first-order chi connectivity index (χ1) is 12.7. The summed E-state index contributed by atoms with van der Waals surface area (Å²) in [5.41, 5.74) is 1.18. The van der Waals surface area contributed by atoms with Crippen LogP contribution in [0.25, 0.3) is 11.3 Å². The third-order valence-corrected chi connectivity index (χ3v) is 5.88. The lowest BCUT2D eigenvalue weighted by atomic mass is 9.82. The Morgan fingerprint density at radius 1 is 1.22 bits per heavy atom. The molecule has 5 nitrogen and oxygen atoms in total. The molecule has 1 amide bonds. The van der Waals surface area contributed by atoms with E-state index in [2.05, 4.69) is 26.4 Å². The van der Waals surface area contributed by atoms with Gasteiger partial charge in [-0.2, -0.15) is 0 Å². The maximum atomic E-state index is 11.6. The molecule has 2 N–H and O–H groups in total. The summed E-state index contributed by atoms with van der Waals surface area (Å²) in [5, 5.41) is 17.1. The number of hydrogen-bond donors (Lipinski definition) is 2. The van der Waals surface area contributed by atoms with Crippen LogP contribution in [0.5, 0.6) is 0 Å². The Kier molecular flexibility index (Phi) is 5.51. The molecule has 1 aromatic heterocycles. The third kappa shape index (κ3) is 3.70. The lowest BCUT2D eigenvalue weighted by Gasteiger charge is -2.31. The van der Waals surface area contributed by atoms with Gasteiger partial charge in [0.1, 0.15) is 0 Å². The zero-order valence-electron chi connectivity index (χ0n) is 14.4. The van der Waals surface area contributed by atoms with Crippen molar-refractivity contribution >= 4 is 45.2 Å². The first-order valence-electron chi connectivity index (χ1n) is 7.92. The lowest BCUT2D eigenvalue weighted by molar-refractivity contribution is 0.184. The van der Waals surface area contributed by atoms with E-state index in [-0.39, 0.29) is 0 Å². The van der Waals surface area contributed by atoms with Crippen LogP contribution in [0.15, 0.2) is 51.5 Å². The zero-order valence-corrected chi connectivity index (χ0v) is 17.5. The number of nitrogens with zero attached hydrogens (tertiary/aromatic N) is 1. The molecule has 140 valence electrons. The summed E-state index contributed by atoms with van der Waals surface area (Å²) in [4.78, 5) is 11.6. The number of hydrogen-bond acceptors (Lipinski definition) is 3. The zero-order chi connectivity index (χ0) is 19.8. The number of nitrogens with one attached hydrogen (secondary N) is 1. The molecular weight excluding hydrogens is 455 g/mol. The summed E-state index contributed by atoms with van der Waals surface area (Å²) >= 11 is 16.0. The van der Waals surface area contributed by atoms with Gasteiger partial charge in [0.15, 0.2) is 5.76 Å². The summed E-state index contributed by atoms with van der Waals surface area (Å²) in [6.45, 7) is 3.48. The second-order valence-electron chi connectivity index (χ2n) is 6.14. The molecule has 1 heterocycles. The van der Waals surface area contributed by atoms with Crippen LogP contribution in [-0.2, 0) is 5.54 Å². The smallest absolute Gasteiger partial charge is 0.405 e. The molecule has 0 radical (unpaired) electrons. The SMILES string of the molecule is Cc1noc(-c2ccc(Br)c(Cl)c2)c1C(C)(NC(=O)O)c1ccccc1Cl. The van der Waals surface area contributed by atoms with Crippen LogP contribution in [-0.4, -0.2) is 16.4 Å². The van der Waals surface area contributed by atoms with Gasteiger partial charge in [0.25, 0.3) is 0 Å². The van der Waals surface area contributed by atoms with Gasteiger partial charge in [-0.05, 0) is 54.0 Å². The van der Waals surface area contributed by atoms with E-state index in [1.54, 1.807) is 50.2 Å². The van der Waals surface area contributed by atoms with Crippen molar-refractivity contribution < 1.29 is 14.4 Å². The average molecular weight is 470 g/mol. The van der Waals surface area contributed by atoms with Gasteiger partial charge < -0.3 is 14.9 Å². The van der Waals surface area contributed by atoms with Crippen molar-refractivity contribution in [2.45, 2.75) is 19.4 Å². The number of carboxylic acid groups (broad SMARTS) is 1. The van der Waals surface area contributed by atoms with Crippen LogP contribution in [0, 0.1) is 6.92 Å². The van der Waals surface area contributed by atoms with E-state index < -0.39 is 11.6 Å². The Hall–Kier alpha value is -2.02. The molecule has 27 heavy (non-hydrogen) atoms. The second kappa shape index (κ2) is 7.54. The van der Waals surface area contributed by atoms with Crippen LogP contribution in [0.1, 0.15) is 23.7 Å². The van der Waals surface area contributed by atoms with Gasteiger partial charge >= 0.3 is 6.09 Å². The minimum atomic E-state index is -1.20. The molecule has 0 bridgehead atoms. The quantitative estimate of drug-likeness (QED) is 0.473. The Morgan fingerprint density at radius 3 is 2.56 bits per heavy atom. The number of halogens is 3. The van der Waals surface area contributed by atoms with Crippen LogP contribution in [0.4, 0.5) is 4.79 Å². The summed E-state index contributed by atoms with van der Waals surface area (Å²) in [7, 11) is 0. The van der Waals surface area contributed by atoms with Gasteiger partial charge in [0.2, 0.25) is 0 Å². The molecule has 3 rings (SSSR count). The van der Waals surface area contributed by atoms with E-state index in [1.165, 1.54) is 0 Å². The number of carbonyl (C=O) groups is 1. The highest BCUT2D eigenvalue weighted by atomic mass is 79.9. The van der Waals surface area contributed by atoms with E-state index >= 15 is 0 Å². The molecule has 0 fully saturated rings. The molecule has 0 aliphatic rings. The van der Waals surface area contributed by atoms with E-state index in [0.717, 1.165) is 4.47 Å². The standard InChI is InChI=1S/C19H15BrCl2N2O3/c1-10-16(17(27-24-10)11-7-8-13(20)15(22)9-11)19(2,23-18(25)26)12-5-3-4-6-14(12)21/h3-9,23H,1-2H3,(H,25,26). The predicted octanol–water partition coefficient (Wildman–Crippen LogP) is 6.25. The van der Waals surface area contributed by atoms with Gasteiger partial charge in [-0.15, -0.1) is 0 Å². The molecular formula is C19H15BrCl2N2O3. The molecule has 3 aromatic rings. The van der Waals surface area contributed by atoms with Crippen molar-refractivity contribution in [2.24, 2.45) is 0 Å². The summed E-state index contributed by atoms with van der Waals surface area (Å²) in [6, 6.07) is 12.4. The second-order valence-corrected chi connectivity index (χ2v) is 7.80. The molecule has 0 aliphatic heterocycles. The average Bonchev–Trinajstić information content (AvgIpc) is 2.99. The maximum Gasteiger partial charge on any atom is 0.405 e. The molecule has 8 heteroatoms. The molecule has 1 atom stereocenters. The highest BCUT2D eigenvalue weighted by molar-refractivity contribution is 9.10. The largest absolute Gasteiger partial charge is 0.465 e. The van der Waals surface area contributed by atoms with Crippen LogP contribution < -0.4 is 5.32 Å². The topological polar surface area (TPSA) is 75.4 Å². The molecule has 0 saturated carbocycles. The Morgan fingerprint density at radius 2 is 1.93 bits per heavy atom. The normalized spacial score (nSPS) is 13.2. The van der Waals surface area contributed by atoms with Gasteiger partial charge in [-0.3, -0.25) is 0 Å². The molecule has 0 aliphatic carbocycles. The van der Waals surface area contributed by atoms with Crippen molar-refractivity contribution in [3.63, 3.8) is 0 Å². The van der Waals surface area contributed by atoms with E-state index in [1.807, 2.05) is 6.07 Å². The van der Waals surface area contributed by atoms with E-state index in [4.69, 9.17) is 27.7 Å².